The fourth-order valence-electron chi connectivity index (χ4n) is 2.88. The molecule has 1 aromatic carbocycles. The molecule has 0 spiro atoms. The molecule has 1 N–H and O–H groups in total. The highest BCUT2D eigenvalue weighted by atomic mass is 16.5. The Kier molecular flexibility index (Phi) is 4.00. The van der Waals surface area contributed by atoms with Crippen molar-refractivity contribution in [1.29, 1.82) is 0 Å². The monoisotopic (exact) mass is 272 g/mol. The molecule has 1 aliphatic carbocycles. The molecular formula is C16H20N2O2. The second kappa shape index (κ2) is 6.07. The summed E-state index contributed by atoms with van der Waals surface area (Å²) in [7, 11) is 0. The molecule has 1 aromatic heterocycles. The number of rotatable bonds is 2. The molecule has 0 aliphatic heterocycles. The van der Waals surface area contributed by atoms with Crippen LogP contribution >= 0.6 is 0 Å². The molecule has 20 heavy (non-hydrogen) atoms. The van der Waals surface area contributed by atoms with Gasteiger partial charge >= 0.3 is 0 Å². The lowest BCUT2D eigenvalue weighted by atomic mass is 9.91. The molecular weight excluding hydrogens is 252 g/mol. The van der Waals surface area contributed by atoms with Crippen molar-refractivity contribution in [3.63, 3.8) is 0 Å². The van der Waals surface area contributed by atoms with Gasteiger partial charge in [-0.2, -0.15) is 4.98 Å². The Labute approximate surface area is 118 Å². The Morgan fingerprint density at radius 3 is 2.45 bits per heavy atom. The number of aromatic hydroxyl groups is 1. The molecule has 0 unspecified atom stereocenters. The van der Waals surface area contributed by atoms with E-state index < -0.39 is 0 Å². The Balaban J connectivity index is 1.80. The van der Waals surface area contributed by atoms with E-state index in [1.807, 2.05) is 6.07 Å². The number of hydrogen-bond acceptors (Lipinski definition) is 4. The number of para-hydroxylation sites is 1. The Morgan fingerprint density at radius 2 is 1.70 bits per heavy atom. The van der Waals surface area contributed by atoms with Crippen LogP contribution in [0.2, 0.25) is 0 Å². The maximum Gasteiger partial charge on any atom is 0.261 e. The lowest BCUT2D eigenvalue weighted by Crippen LogP contribution is -2.04. The number of benzene rings is 1. The van der Waals surface area contributed by atoms with Gasteiger partial charge in [-0.25, -0.2) is 0 Å². The summed E-state index contributed by atoms with van der Waals surface area (Å²) in [5, 5.41) is 14.0. The van der Waals surface area contributed by atoms with E-state index in [9.17, 15) is 5.11 Å². The van der Waals surface area contributed by atoms with E-state index >= 15 is 0 Å². The number of phenolic OH excluding ortho intramolecular Hbond substituents is 1. The van der Waals surface area contributed by atoms with Gasteiger partial charge in [0.1, 0.15) is 5.75 Å². The summed E-state index contributed by atoms with van der Waals surface area (Å²) >= 11 is 0. The highest BCUT2D eigenvalue weighted by Crippen LogP contribution is 2.32. The summed E-state index contributed by atoms with van der Waals surface area (Å²) in [6.45, 7) is 0. The van der Waals surface area contributed by atoms with Crippen LogP contribution in [0.25, 0.3) is 11.5 Å². The van der Waals surface area contributed by atoms with E-state index in [-0.39, 0.29) is 5.75 Å². The average molecular weight is 272 g/mol. The standard InChI is InChI=1S/C16H20N2O2/c19-14-11-7-6-10-13(14)16-17-15(18-20-16)12-8-4-2-1-3-5-9-12/h6-7,10-12,19H,1-5,8-9H2. The van der Waals surface area contributed by atoms with Crippen LogP contribution < -0.4 is 0 Å². The summed E-state index contributed by atoms with van der Waals surface area (Å²) < 4.78 is 5.34. The second-order valence-corrected chi connectivity index (χ2v) is 5.52. The van der Waals surface area contributed by atoms with Gasteiger partial charge in [0.2, 0.25) is 0 Å². The SMILES string of the molecule is Oc1ccccc1-c1nc(C2CCCCCCC2)no1. The minimum Gasteiger partial charge on any atom is -0.507 e. The zero-order chi connectivity index (χ0) is 13.8. The fourth-order valence-corrected chi connectivity index (χ4v) is 2.88. The molecule has 0 bridgehead atoms. The zero-order valence-electron chi connectivity index (χ0n) is 11.6. The second-order valence-electron chi connectivity index (χ2n) is 5.52. The van der Waals surface area contributed by atoms with Crippen LogP contribution in [-0.4, -0.2) is 15.2 Å². The van der Waals surface area contributed by atoms with Crippen LogP contribution in [0.1, 0.15) is 56.7 Å². The van der Waals surface area contributed by atoms with Gasteiger partial charge < -0.3 is 9.63 Å². The van der Waals surface area contributed by atoms with E-state index in [2.05, 4.69) is 10.1 Å². The predicted octanol–water partition coefficient (Wildman–Crippen LogP) is 4.27. The van der Waals surface area contributed by atoms with Crippen molar-refractivity contribution < 1.29 is 9.63 Å². The molecule has 0 radical (unpaired) electrons. The lowest BCUT2D eigenvalue weighted by molar-refractivity contribution is 0.391. The first kappa shape index (κ1) is 13.2. The van der Waals surface area contributed by atoms with Crippen LogP contribution in [0.5, 0.6) is 5.75 Å². The van der Waals surface area contributed by atoms with Gasteiger partial charge in [0, 0.05) is 5.92 Å². The van der Waals surface area contributed by atoms with Gasteiger partial charge in [0.25, 0.3) is 5.89 Å². The minimum atomic E-state index is 0.181. The molecule has 3 rings (SSSR count). The molecule has 0 atom stereocenters. The largest absolute Gasteiger partial charge is 0.507 e. The fraction of sp³-hybridized carbons (Fsp3) is 0.500. The normalized spacial score (nSPS) is 17.6. The van der Waals surface area contributed by atoms with Crippen molar-refractivity contribution in [2.45, 2.75) is 50.9 Å². The summed E-state index contributed by atoms with van der Waals surface area (Å²) in [4.78, 5) is 4.50. The maximum atomic E-state index is 9.84. The Bertz CT molecular complexity index is 557. The van der Waals surface area contributed by atoms with E-state index in [1.54, 1.807) is 18.2 Å². The Hall–Kier alpha value is -1.84. The topological polar surface area (TPSA) is 59.2 Å². The average Bonchev–Trinajstić information content (AvgIpc) is 2.88. The van der Waals surface area contributed by atoms with Crippen molar-refractivity contribution in [1.82, 2.24) is 10.1 Å². The van der Waals surface area contributed by atoms with Crippen LogP contribution in [0.15, 0.2) is 28.8 Å². The molecule has 1 aliphatic rings. The number of aromatic nitrogens is 2. The molecule has 4 nitrogen and oxygen atoms in total. The van der Waals surface area contributed by atoms with Crippen LogP contribution in [0, 0.1) is 0 Å². The van der Waals surface area contributed by atoms with Crippen LogP contribution in [-0.2, 0) is 0 Å². The third-order valence-electron chi connectivity index (χ3n) is 4.05. The van der Waals surface area contributed by atoms with Gasteiger partial charge in [-0.1, -0.05) is 49.4 Å². The summed E-state index contributed by atoms with van der Waals surface area (Å²) in [5.41, 5.74) is 0.608. The summed E-state index contributed by atoms with van der Waals surface area (Å²) in [5.74, 6) is 1.80. The number of hydrogen-bond donors (Lipinski definition) is 1. The van der Waals surface area contributed by atoms with Crippen molar-refractivity contribution in [3.8, 4) is 17.2 Å². The molecule has 0 saturated heterocycles. The van der Waals surface area contributed by atoms with E-state index in [1.165, 1.54) is 32.1 Å². The van der Waals surface area contributed by atoms with Gasteiger partial charge in [0.15, 0.2) is 5.82 Å². The van der Waals surface area contributed by atoms with Crippen LogP contribution in [0.4, 0.5) is 0 Å². The molecule has 1 saturated carbocycles. The van der Waals surface area contributed by atoms with E-state index in [4.69, 9.17) is 4.52 Å². The van der Waals surface area contributed by atoms with Crippen molar-refractivity contribution in [2.24, 2.45) is 0 Å². The zero-order valence-corrected chi connectivity index (χ0v) is 11.6. The van der Waals surface area contributed by atoms with Gasteiger partial charge in [-0.05, 0) is 25.0 Å². The van der Waals surface area contributed by atoms with E-state index in [0.29, 0.717) is 17.4 Å². The van der Waals surface area contributed by atoms with Gasteiger partial charge in [-0.15, -0.1) is 0 Å². The number of phenols is 1. The first-order valence-electron chi connectivity index (χ1n) is 7.46. The first-order chi connectivity index (χ1) is 9.84. The molecule has 4 heteroatoms. The van der Waals surface area contributed by atoms with Crippen molar-refractivity contribution in [2.75, 3.05) is 0 Å². The number of nitrogens with zero attached hydrogens (tertiary/aromatic N) is 2. The summed E-state index contributed by atoms with van der Waals surface area (Å²) in [6, 6.07) is 7.07. The smallest absolute Gasteiger partial charge is 0.261 e. The van der Waals surface area contributed by atoms with Crippen molar-refractivity contribution >= 4 is 0 Å². The predicted molar refractivity (Wildman–Crippen MR) is 76.5 cm³/mol. The molecule has 1 fully saturated rings. The highest BCUT2D eigenvalue weighted by molar-refractivity contribution is 5.61. The summed E-state index contributed by atoms with van der Waals surface area (Å²) in [6.07, 6.45) is 8.72. The van der Waals surface area contributed by atoms with E-state index in [0.717, 1.165) is 18.7 Å². The third kappa shape index (κ3) is 2.84. The molecule has 106 valence electrons. The molecule has 2 aromatic rings. The highest BCUT2D eigenvalue weighted by Gasteiger charge is 2.20. The van der Waals surface area contributed by atoms with Crippen LogP contribution in [0.3, 0.4) is 0 Å². The molecule has 0 amide bonds. The quantitative estimate of drug-likeness (QED) is 0.886. The van der Waals surface area contributed by atoms with Gasteiger partial charge in [0.05, 0.1) is 5.56 Å². The lowest BCUT2D eigenvalue weighted by Gasteiger charge is -2.15. The van der Waals surface area contributed by atoms with Crippen molar-refractivity contribution in [3.05, 3.63) is 30.1 Å². The minimum absolute atomic E-state index is 0.181. The third-order valence-corrected chi connectivity index (χ3v) is 4.05. The Morgan fingerprint density at radius 1 is 1.00 bits per heavy atom. The first-order valence-corrected chi connectivity index (χ1v) is 7.46. The molecule has 1 heterocycles. The maximum absolute atomic E-state index is 9.84. The van der Waals surface area contributed by atoms with Gasteiger partial charge in [-0.3, -0.25) is 0 Å².